The fourth-order valence-corrected chi connectivity index (χ4v) is 1.90. The van der Waals surface area contributed by atoms with E-state index in [9.17, 15) is 9.59 Å². The lowest BCUT2D eigenvalue weighted by Crippen LogP contribution is -2.26. The summed E-state index contributed by atoms with van der Waals surface area (Å²) in [6.07, 6.45) is 0.554. The first-order valence-corrected chi connectivity index (χ1v) is 5.79. The summed E-state index contributed by atoms with van der Waals surface area (Å²) in [5.74, 6) is 0. The maximum Gasteiger partial charge on any atom is 0.325 e. The summed E-state index contributed by atoms with van der Waals surface area (Å²) in [5.41, 5.74) is 0.911. The molecule has 1 heterocycles. The highest BCUT2D eigenvalue weighted by atomic mass is 127. The van der Waals surface area contributed by atoms with Gasteiger partial charge in [-0.15, -0.1) is 0 Å². The topological polar surface area (TPSA) is 65.7 Å². The normalized spacial score (nSPS) is 10.3. The van der Waals surface area contributed by atoms with Crippen molar-refractivity contribution in [2.75, 3.05) is 0 Å². The average molecular weight is 328 g/mol. The minimum atomic E-state index is -0.462. The zero-order valence-corrected chi connectivity index (χ0v) is 10.4. The van der Waals surface area contributed by atoms with Crippen LogP contribution in [0.2, 0.25) is 0 Å². The van der Waals surface area contributed by atoms with Crippen molar-refractivity contribution in [3.8, 4) is 0 Å². The number of hydrogen-bond acceptors (Lipinski definition) is 2. The molecule has 4 nitrogen and oxygen atoms in total. The van der Waals surface area contributed by atoms with Crippen LogP contribution in [0.3, 0.4) is 0 Å². The highest BCUT2D eigenvalue weighted by Crippen LogP contribution is 2.09. The molecule has 0 unspecified atom stereocenters. The van der Waals surface area contributed by atoms with Crippen LogP contribution in [0.1, 0.15) is 11.3 Å². The van der Waals surface area contributed by atoms with Gasteiger partial charge in [0.25, 0.3) is 5.56 Å². The Morgan fingerprint density at radius 3 is 2.44 bits per heavy atom. The molecule has 5 heteroatoms. The van der Waals surface area contributed by atoms with Crippen molar-refractivity contribution in [3.63, 3.8) is 0 Å². The third kappa shape index (κ3) is 2.41. The first kappa shape index (κ1) is 11.1. The minimum Gasteiger partial charge on any atom is -0.310 e. The van der Waals surface area contributed by atoms with Gasteiger partial charge in [0.1, 0.15) is 0 Å². The zero-order valence-electron chi connectivity index (χ0n) is 8.29. The van der Waals surface area contributed by atoms with Crippen LogP contribution in [-0.4, -0.2) is 9.97 Å². The Hall–Kier alpha value is -1.37. The molecule has 0 spiro atoms. The second-order valence-electron chi connectivity index (χ2n) is 3.36. The number of aromatic amines is 2. The maximum atomic E-state index is 11.4. The van der Waals surface area contributed by atoms with E-state index in [0.29, 0.717) is 15.7 Å². The zero-order chi connectivity index (χ0) is 11.5. The third-order valence-corrected chi connectivity index (χ3v) is 3.32. The van der Waals surface area contributed by atoms with Crippen LogP contribution < -0.4 is 11.2 Å². The largest absolute Gasteiger partial charge is 0.325 e. The standard InChI is InChI=1S/C11H9IN2O2/c12-9-8(13-11(16)14-10(9)15)6-7-4-2-1-3-5-7/h1-5H,6H2,(H2,13,14,15,16). The number of rotatable bonds is 2. The molecule has 16 heavy (non-hydrogen) atoms. The summed E-state index contributed by atoms with van der Waals surface area (Å²) in [5, 5.41) is 0. The van der Waals surface area contributed by atoms with E-state index < -0.39 is 5.69 Å². The Morgan fingerprint density at radius 2 is 1.75 bits per heavy atom. The SMILES string of the molecule is O=c1[nH]c(Cc2ccccc2)c(I)c(=O)[nH]1. The fourth-order valence-electron chi connectivity index (χ4n) is 1.44. The first-order valence-electron chi connectivity index (χ1n) is 4.72. The van der Waals surface area contributed by atoms with Crippen LogP contribution in [0, 0.1) is 3.57 Å². The predicted molar refractivity (Wildman–Crippen MR) is 69.6 cm³/mol. The van der Waals surface area contributed by atoms with Crippen LogP contribution >= 0.6 is 22.6 Å². The quantitative estimate of drug-likeness (QED) is 0.815. The first-order chi connectivity index (χ1) is 7.66. The van der Waals surface area contributed by atoms with E-state index in [1.54, 1.807) is 0 Å². The Labute approximate surface area is 105 Å². The molecular weight excluding hydrogens is 319 g/mol. The molecule has 0 fully saturated rings. The number of H-pyrrole nitrogens is 2. The van der Waals surface area contributed by atoms with E-state index in [1.807, 2.05) is 52.9 Å². The van der Waals surface area contributed by atoms with E-state index >= 15 is 0 Å². The molecule has 2 aromatic rings. The summed E-state index contributed by atoms with van der Waals surface area (Å²) < 4.78 is 0.529. The molecule has 1 aromatic carbocycles. The molecule has 0 aliphatic heterocycles. The summed E-state index contributed by atoms with van der Waals surface area (Å²) in [4.78, 5) is 27.3. The van der Waals surface area contributed by atoms with E-state index in [4.69, 9.17) is 0 Å². The number of halogens is 1. The molecular formula is C11H9IN2O2. The monoisotopic (exact) mass is 328 g/mol. The number of aromatic nitrogens is 2. The van der Waals surface area contributed by atoms with Gasteiger partial charge in [-0.25, -0.2) is 4.79 Å². The van der Waals surface area contributed by atoms with E-state index in [0.717, 1.165) is 5.56 Å². The van der Waals surface area contributed by atoms with Crippen molar-refractivity contribution in [3.05, 3.63) is 66.0 Å². The lowest BCUT2D eigenvalue weighted by Gasteiger charge is -2.03. The molecule has 0 radical (unpaired) electrons. The minimum absolute atomic E-state index is 0.338. The van der Waals surface area contributed by atoms with Gasteiger partial charge in [-0.2, -0.15) is 0 Å². The van der Waals surface area contributed by atoms with Crippen molar-refractivity contribution < 1.29 is 0 Å². The Bertz CT molecular complexity index is 601. The molecule has 0 saturated heterocycles. The molecule has 0 atom stereocenters. The summed E-state index contributed by atoms with van der Waals surface area (Å²) in [7, 11) is 0. The molecule has 2 N–H and O–H groups in total. The van der Waals surface area contributed by atoms with Gasteiger partial charge >= 0.3 is 5.69 Å². The summed E-state index contributed by atoms with van der Waals surface area (Å²) in [6.45, 7) is 0. The van der Waals surface area contributed by atoms with Crippen LogP contribution in [0.4, 0.5) is 0 Å². The van der Waals surface area contributed by atoms with Gasteiger partial charge < -0.3 is 4.98 Å². The summed E-state index contributed by atoms with van der Waals surface area (Å²) >= 11 is 1.93. The number of hydrogen-bond donors (Lipinski definition) is 2. The van der Waals surface area contributed by atoms with Crippen molar-refractivity contribution in [1.29, 1.82) is 0 Å². The highest BCUT2D eigenvalue weighted by Gasteiger charge is 2.06. The second kappa shape index (κ2) is 4.65. The second-order valence-corrected chi connectivity index (χ2v) is 4.44. The van der Waals surface area contributed by atoms with Crippen LogP contribution in [0.15, 0.2) is 39.9 Å². The average Bonchev–Trinajstić information content (AvgIpc) is 2.27. The molecule has 0 bridgehead atoms. The molecule has 0 saturated carbocycles. The van der Waals surface area contributed by atoms with E-state index in [1.165, 1.54) is 0 Å². The molecule has 2 rings (SSSR count). The van der Waals surface area contributed by atoms with Crippen LogP contribution in [0.25, 0.3) is 0 Å². The van der Waals surface area contributed by atoms with Crippen molar-refractivity contribution in [1.82, 2.24) is 9.97 Å². The van der Waals surface area contributed by atoms with Gasteiger partial charge in [0.15, 0.2) is 0 Å². The van der Waals surface area contributed by atoms with Crippen molar-refractivity contribution in [2.24, 2.45) is 0 Å². The maximum absolute atomic E-state index is 11.4. The van der Waals surface area contributed by atoms with Gasteiger partial charge in [-0.1, -0.05) is 30.3 Å². The van der Waals surface area contributed by atoms with E-state index in [-0.39, 0.29) is 5.56 Å². The number of benzene rings is 1. The molecule has 1 aromatic heterocycles. The van der Waals surface area contributed by atoms with Crippen molar-refractivity contribution >= 4 is 22.6 Å². The number of nitrogens with one attached hydrogen (secondary N) is 2. The molecule has 82 valence electrons. The Morgan fingerprint density at radius 1 is 1.06 bits per heavy atom. The summed E-state index contributed by atoms with van der Waals surface area (Å²) in [6, 6.07) is 9.68. The van der Waals surface area contributed by atoms with Crippen LogP contribution in [-0.2, 0) is 6.42 Å². The van der Waals surface area contributed by atoms with Gasteiger partial charge in [0, 0.05) is 12.1 Å². The van der Waals surface area contributed by atoms with Gasteiger partial charge in [-0.3, -0.25) is 9.78 Å². The lowest BCUT2D eigenvalue weighted by molar-refractivity contribution is 0.936. The third-order valence-electron chi connectivity index (χ3n) is 2.18. The Balaban J connectivity index is 2.43. The lowest BCUT2D eigenvalue weighted by atomic mass is 10.1. The molecule has 0 aliphatic rings. The smallest absolute Gasteiger partial charge is 0.310 e. The Kier molecular flexibility index (Phi) is 3.23. The van der Waals surface area contributed by atoms with Gasteiger partial charge in [0.05, 0.1) is 3.57 Å². The van der Waals surface area contributed by atoms with E-state index in [2.05, 4.69) is 9.97 Å². The fraction of sp³-hybridized carbons (Fsp3) is 0.0909. The van der Waals surface area contributed by atoms with Crippen LogP contribution in [0.5, 0.6) is 0 Å². The van der Waals surface area contributed by atoms with Gasteiger partial charge in [-0.05, 0) is 28.2 Å². The molecule has 0 aliphatic carbocycles. The van der Waals surface area contributed by atoms with Gasteiger partial charge in [0.2, 0.25) is 0 Å². The predicted octanol–water partition coefficient (Wildman–Crippen LogP) is 1.26. The highest BCUT2D eigenvalue weighted by molar-refractivity contribution is 14.1. The molecule has 0 amide bonds. The van der Waals surface area contributed by atoms with Crippen molar-refractivity contribution in [2.45, 2.75) is 6.42 Å².